The highest BCUT2D eigenvalue weighted by Crippen LogP contribution is 2.26. The van der Waals surface area contributed by atoms with E-state index < -0.39 is 0 Å². The van der Waals surface area contributed by atoms with Crippen LogP contribution in [0.3, 0.4) is 0 Å². The molecule has 118 valence electrons. The summed E-state index contributed by atoms with van der Waals surface area (Å²) in [6.07, 6.45) is 5.04. The zero-order valence-corrected chi connectivity index (χ0v) is 13.4. The highest BCUT2D eigenvalue weighted by molar-refractivity contribution is 5.57. The van der Waals surface area contributed by atoms with Crippen LogP contribution in [0.25, 0.3) is 0 Å². The third kappa shape index (κ3) is 4.56. The molecule has 3 N–H and O–H groups in total. The van der Waals surface area contributed by atoms with E-state index in [1.54, 1.807) is 0 Å². The summed E-state index contributed by atoms with van der Waals surface area (Å²) in [7, 11) is 0. The van der Waals surface area contributed by atoms with Gasteiger partial charge in [0.05, 0.1) is 6.10 Å². The quantitative estimate of drug-likeness (QED) is 0.752. The summed E-state index contributed by atoms with van der Waals surface area (Å²) >= 11 is 0. The topological polar surface area (TPSA) is 70.1 Å². The van der Waals surface area contributed by atoms with E-state index in [0.717, 1.165) is 68.2 Å². The Kier molecular flexibility index (Phi) is 5.79. The SMILES string of the molecule is CCCNc1nc(C)nc(NCC2CCC(O)CC2)c1C. The Morgan fingerprint density at radius 1 is 1.05 bits per heavy atom. The van der Waals surface area contributed by atoms with Crippen molar-refractivity contribution in [2.75, 3.05) is 23.7 Å². The average molecular weight is 292 g/mol. The minimum atomic E-state index is -0.0888. The maximum atomic E-state index is 9.56. The van der Waals surface area contributed by atoms with Gasteiger partial charge in [-0.05, 0) is 51.9 Å². The Hall–Kier alpha value is -1.36. The smallest absolute Gasteiger partial charge is 0.134 e. The molecule has 1 heterocycles. The van der Waals surface area contributed by atoms with Crippen LogP contribution in [0.5, 0.6) is 0 Å². The molecular formula is C16H28N4O. The summed E-state index contributed by atoms with van der Waals surface area (Å²) in [4.78, 5) is 9.01. The first kappa shape index (κ1) is 16.0. The van der Waals surface area contributed by atoms with Gasteiger partial charge in [0, 0.05) is 18.7 Å². The second-order valence-electron chi connectivity index (χ2n) is 6.08. The van der Waals surface area contributed by atoms with E-state index in [9.17, 15) is 5.11 Å². The van der Waals surface area contributed by atoms with Crippen molar-refractivity contribution >= 4 is 11.6 Å². The Balaban J connectivity index is 1.97. The van der Waals surface area contributed by atoms with E-state index in [2.05, 4.69) is 34.4 Å². The second-order valence-corrected chi connectivity index (χ2v) is 6.08. The molecule has 0 unspecified atom stereocenters. The number of aryl methyl sites for hydroxylation is 1. The van der Waals surface area contributed by atoms with Gasteiger partial charge in [-0.15, -0.1) is 0 Å². The van der Waals surface area contributed by atoms with E-state index in [-0.39, 0.29) is 6.10 Å². The van der Waals surface area contributed by atoms with Crippen molar-refractivity contribution < 1.29 is 5.11 Å². The maximum absolute atomic E-state index is 9.56. The summed E-state index contributed by atoms with van der Waals surface area (Å²) in [5.74, 6) is 3.30. The maximum Gasteiger partial charge on any atom is 0.134 e. The van der Waals surface area contributed by atoms with E-state index >= 15 is 0 Å². The number of aromatic nitrogens is 2. The molecule has 0 atom stereocenters. The normalized spacial score (nSPS) is 22.1. The zero-order valence-electron chi connectivity index (χ0n) is 13.4. The third-order valence-electron chi connectivity index (χ3n) is 4.17. The number of nitrogens with one attached hydrogen (secondary N) is 2. The van der Waals surface area contributed by atoms with Crippen LogP contribution in [0.1, 0.15) is 50.4 Å². The predicted octanol–water partition coefficient (Wildman–Crippen LogP) is 2.88. The molecule has 1 fully saturated rings. The van der Waals surface area contributed by atoms with Crippen molar-refractivity contribution in [2.45, 2.75) is 59.0 Å². The standard InChI is InChI=1S/C16H28N4O/c1-4-9-17-15-11(2)16(20-12(3)19-15)18-10-13-5-7-14(21)8-6-13/h13-14,21H,4-10H2,1-3H3,(H2,17,18,19,20). The van der Waals surface area contributed by atoms with Crippen molar-refractivity contribution in [3.8, 4) is 0 Å². The monoisotopic (exact) mass is 292 g/mol. The fraction of sp³-hybridized carbons (Fsp3) is 0.750. The number of hydrogen-bond donors (Lipinski definition) is 3. The molecule has 1 aliphatic carbocycles. The Bertz CT molecular complexity index is 456. The molecule has 0 amide bonds. The fourth-order valence-electron chi connectivity index (χ4n) is 2.81. The molecule has 0 bridgehead atoms. The van der Waals surface area contributed by atoms with Gasteiger partial charge in [0.25, 0.3) is 0 Å². The number of aliphatic hydroxyl groups is 1. The first-order valence-corrected chi connectivity index (χ1v) is 8.11. The average Bonchev–Trinajstić information content (AvgIpc) is 2.48. The highest BCUT2D eigenvalue weighted by Gasteiger charge is 2.19. The Labute approximate surface area is 127 Å². The van der Waals surface area contributed by atoms with Crippen LogP contribution in [0.15, 0.2) is 0 Å². The molecule has 1 aromatic heterocycles. The van der Waals surface area contributed by atoms with Gasteiger partial charge >= 0.3 is 0 Å². The van der Waals surface area contributed by atoms with Gasteiger partial charge in [-0.3, -0.25) is 0 Å². The minimum Gasteiger partial charge on any atom is -0.393 e. The number of rotatable bonds is 6. The summed E-state index contributed by atoms with van der Waals surface area (Å²) < 4.78 is 0. The minimum absolute atomic E-state index is 0.0888. The van der Waals surface area contributed by atoms with E-state index in [1.165, 1.54) is 0 Å². The van der Waals surface area contributed by atoms with E-state index in [1.807, 2.05) is 6.92 Å². The van der Waals surface area contributed by atoms with Crippen LogP contribution in [0.2, 0.25) is 0 Å². The second kappa shape index (κ2) is 7.59. The number of aliphatic hydroxyl groups excluding tert-OH is 1. The molecule has 2 rings (SSSR count). The molecule has 0 radical (unpaired) electrons. The van der Waals surface area contributed by atoms with Crippen LogP contribution < -0.4 is 10.6 Å². The fourth-order valence-corrected chi connectivity index (χ4v) is 2.81. The van der Waals surface area contributed by atoms with Crippen LogP contribution in [0, 0.1) is 19.8 Å². The lowest BCUT2D eigenvalue weighted by atomic mass is 9.87. The number of anilines is 2. The van der Waals surface area contributed by atoms with Gasteiger partial charge in [-0.1, -0.05) is 6.92 Å². The highest BCUT2D eigenvalue weighted by atomic mass is 16.3. The molecule has 1 saturated carbocycles. The van der Waals surface area contributed by atoms with Crippen molar-refractivity contribution in [1.82, 2.24) is 9.97 Å². The molecule has 21 heavy (non-hydrogen) atoms. The van der Waals surface area contributed by atoms with Crippen molar-refractivity contribution in [1.29, 1.82) is 0 Å². The molecule has 5 heteroatoms. The Morgan fingerprint density at radius 3 is 2.29 bits per heavy atom. The van der Waals surface area contributed by atoms with Crippen molar-refractivity contribution in [3.05, 3.63) is 11.4 Å². The molecule has 0 saturated heterocycles. The van der Waals surface area contributed by atoms with Gasteiger partial charge in [0.1, 0.15) is 17.5 Å². The van der Waals surface area contributed by atoms with Gasteiger partial charge in [0.15, 0.2) is 0 Å². The summed E-state index contributed by atoms with van der Waals surface area (Å²) in [6.45, 7) is 7.99. The van der Waals surface area contributed by atoms with Crippen molar-refractivity contribution in [2.24, 2.45) is 5.92 Å². The molecule has 0 aliphatic heterocycles. The first-order valence-electron chi connectivity index (χ1n) is 8.11. The molecule has 1 aliphatic rings. The largest absolute Gasteiger partial charge is 0.393 e. The van der Waals surface area contributed by atoms with Crippen LogP contribution >= 0.6 is 0 Å². The van der Waals surface area contributed by atoms with Crippen LogP contribution in [-0.2, 0) is 0 Å². The van der Waals surface area contributed by atoms with Gasteiger partial charge in [-0.2, -0.15) is 0 Å². The predicted molar refractivity (Wildman–Crippen MR) is 86.7 cm³/mol. The van der Waals surface area contributed by atoms with Gasteiger partial charge in [0.2, 0.25) is 0 Å². The molecule has 5 nitrogen and oxygen atoms in total. The van der Waals surface area contributed by atoms with Gasteiger partial charge < -0.3 is 15.7 Å². The zero-order chi connectivity index (χ0) is 15.2. The molecular weight excluding hydrogens is 264 g/mol. The van der Waals surface area contributed by atoms with Crippen molar-refractivity contribution in [3.63, 3.8) is 0 Å². The number of nitrogens with zero attached hydrogens (tertiary/aromatic N) is 2. The summed E-state index contributed by atoms with van der Waals surface area (Å²) in [6, 6.07) is 0. The Morgan fingerprint density at radius 2 is 1.67 bits per heavy atom. The number of hydrogen-bond acceptors (Lipinski definition) is 5. The summed E-state index contributed by atoms with van der Waals surface area (Å²) in [5.41, 5.74) is 1.09. The molecule has 0 aromatic carbocycles. The van der Waals surface area contributed by atoms with Crippen LogP contribution in [-0.4, -0.2) is 34.3 Å². The summed E-state index contributed by atoms with van der Waals surface area (Å²) in [5, 5.41) is 16.4. The first-order chi connectivity index (χ1) is 10.1. The lowest BCUT2D eigenvalue weighted by Gasteiger charge is -2.26. The lowest BCUT2D eigenvalue weighted by molar-refractivity contribution is 0.111. The lowest BCUT2D eigenvalue weighted by Crippen LogP contribution is -2.24. The van der Waals surface area contributed by atoms with Gasteiger partial charge in [-0.25, -0.2) is 9.97 Å². The van der Waals surface area contributed by atoms with E-state index in [0.29, 0.717) is 5.92 Å². The molecule has 1 aromatic rings. The molecule has 0 spiro atoms. The third-order valence-corrected chi connectivity index (χ3v) is 4.17. The van der Waals surface area contributed by atoms with E-state index in [4.69, 9.17) is 0 Å². The van der Waals surface area contributed by atoms with Crippen LogP contribution in [0.4, 0.5) is 11.6 Å².